The molecular weight excluding hydrogens is 409 g/mol. The van der Waals surface area contributed by atoms with Crippen LogP contribution in [0, 0.1) is 5.82 Å². The summed E-state index contributed by atoms with van der Waals surface area (Å²) in [5.74, 6) is -0.162. The number of aromatic nitrogens is 1. The van der Waals surface area contributed by atoms with E-state index in [1.165, 1.54) is 30.5 Å². The van der Waals surface area contributed by atoms with Crippen LogP contribution >= 0.6 is 0 Å². The molecule has 0 atom stereocenters. The molecule has 6 nitrogen and oxygen atoms in total. The van der Waals surface area contributed by atoms with E-state index < -0.39 is 5.82 Å². The summed E-state index contributed by atoms with van der Waals surface area (Å²) in [6.45, 7) is 1.10. The van der Waals surface area contributed by atoms with Crippen LogP contribution in [-0.4, -0.2) is 23.3 Å². The Hall–Kier alpha value is -4.00. The van der Waals surface area contributed by atoms with Gasteiger partial charge in [0.2, 0.25) is 11.8 Å². The third-order valence-electron chi connectivity index (χ3n) is 5.03. The van der Waals surface area contributed by atoms with Gasteiger partial charge in [-0.1, -0.05) is 18.2 Å². The molecule has 0 bridgehead atoms. The SMILES string of the molecule is O=C(/C=C/c1ccc(Oc2cccnc2)c(F)c1)NCc1ccc(N2CCCC2=O)cc1. The van der Waals surface area contributed by atoms with Gasteiger partial charge < -0.3 is 15.0 Å². The summed E-state index contributed by atoms with van der Waals surface area (Å²) in [4.78, 5) is 29.6. The summed E-state index contributed by atoms with van der Waals surface area (Å²) in [7, 11) is 0. The highest BCUT2D eigenvalue weighted by molar-refractivity contribution is 5.95. The Bertz CT molecular complexity index is 1130. The second-order valence-corrected chi connectivity index (χ2v) is 7.35. The number of carbonyl (C=O) groups is 2. The van der Waals surface area contributed by atoms with E-state index in [1.54, 1.807) is 29.3 Å². The lowest BCUT2D eigenvalue weighted by atomic mass is 10.2. The molecule has 7 heteroatoms. The average Bonchev–Trinajstić information content (AvgIpc) is 3.25. The maximum absolute atomic E-state index is 14.3. The number of rotatable bonds is 7. The Morgan fingerprint density at radius 1 is 1.19 bits per heavy atom. The monoisotopic (exact) mass is 431 g/mol. The minimum Gasteiger partial charge on any atom is -0.453 e. The second-order valence-electron chi connectivity index (χ2n) is 7.35. The number of halogens is 1. The van der Waals surface area contributed by atoms with E-state index in [-0.39, 0.29) is 17.6 Å². The van der Waals surface area contributed by atoms with Crippen LogP contribution < -0.4 is 15.0 Å². The van der Waals surface area contributed by atoms with Crippen LogP contribution in [0.3, 0.4) is 0 Å². The first-order valence-electron chi connectivity index (χ1n) is 10.3. The molecule has 1 saturated heterocycles. The summed E-state index contributed by atoms with van der Waals surface area (Å²) in [6, 6.07) is 15.4. The van der Waals surface area contributed by atoms with Crippen molar-refractivity contribution in [3.63, 3.8) is 0 Å². The van der Waals surface area contributed by atoms with Crippen molar-refractivity contribution in [2.45, 2.75) is 19.4 Å². The highest BCUT2D eigenvalue weighted by Gasteiger charge is 2.21. The van der Waals surface area contributed by atoms with E-state index >= 15 is 0 Å². The molecule has 32 heavy (non-hydrogen) atoms. The number of hydrogen-bond acceptors (Lipinski definition) is 4. The van der Waals surface area contributed by atoms with Gasteiger partial charge in [-0.25, -0.2) is 4.39 Å². The minimum atomic E-state index is -0.534. The quantitative estimate of drug-likeness (QED) is 0.561. The molecule has 1 N–H and O–H groups in total. The fourth-order valence-corrected chi connectivity index (χ4v) is 3.37. The van der Waals surface area contributed by atoms with Gasteiger partial charge in [-0.2, -0.15) is 0 Å². The molecule has 1 fully saturated rings. The van der Waals surface area contributed by atoms with Gasteiger partial charge in [-0.3, -0.25) is 14.6 Å². The zero-order valence-electron chi connectivity index (χ0n) is 17.3. The van der Waals surface area contributed by atoms with Gasteiger partial charge in [0, 0.05) is 37.5 Å². The van der Waals surface area contributed by atoms with Gasteiger partial charge >= 0.3 is 0 Å². The van der Waals surface area contributed by atoms with Crippen LogP contribution in [0.2, 0.25) is 0 Å². The van der Waals surface area contributed by atoms with Crippen LogP contribution in [0.4, 0.5) is 10.1 Å². The number of pyridine rings is 1. The smallest absolute Gasteiger partial charge is 0.244 e. The molecule has 1 aliphatic heterocycles. The first kappa shape index (κ1) is 21.2. The molecule has 0 saturated carbocycles. The van der Waals surface area contributed by atoms with E-state index in [0.29, 0.717) is 24.3 Å². The lowest BCUT2D eigenvalue weighted by molar-refractivity contribution is -0.117. The molecule has 0 aliphatic carbocycles. The third-order valence-corrected chi connectivity index (χ3v) is 5.03. The molecule has 2 amide bonds. The summed E-state index contributed by atoms with van der Waals surface area (Å²) < 4.78 is 19.8. The summed E-state index contributed by atoms with van der Waals surface area (Å²) in [6.07, 6.45) is 7.47. The molecule has 0 spiro atoms. The van der Waals surface area contributed by atoms with E-state index in [9.17, 15) is 14.0 Å². The lowest BCUT2D eigenvalue weighted by Gasteiger charge is -2.15. The molecule has 2 aromatic carbocycles. The third kappa shape index (κ3) is 5.37. The van der Waals surface area contributed by atoms with Crippen molar-refractivity contribution in [1.29, 1.82) is 0 Å². The van der Waals surface area contributed by atoms with Crippen LogP contribution in [0.1, 0.15) is 24.0 Å². The largest absolute Gasteiger partial charge is 0.453 e. The number of anilines is 1. The zero-order valence-corrected chi connectivity index (χ0v) is 17.3. The minimum absolute atomic E-state index is 0.0821. The first-order chi connectivity index (χ1) is 15.6. The molecule has 0 radical (unpaired) electrons. The Kier molecular flexibility index (Phi) is 6.55. The number of ether oxygens (including phenoxy) is 1. The molecule has 1 aliphatic rings. The summed E-state index contributed by atoms with van der Waals surface area (Å²) in [5.41, 5.74) is 2.33. The number of hydrogen-bond donors (Lipinski definition) is 1. The molecule has 0 unspecified atom stereocenters. The highest BCUT2D eigenvalue weighted by atomic mass is 19.1. The Labute approximate surface area is 185 Å². The maximum Gasteiger partial charge on any atom is 0.244 e. The lowest BCUT2D eigenvalue weighted by Crippen LogP contribution is -2.23. The Morgan fingerprint density at radius 2 is 2.03 bits per heavy atom. The zero-order chi connectivity index (χ0) is 22.3. The fraction of sp³-hybridized carbons (Fsp3) is 0.160. The predicted molar refractivity (Wildman–Crippen MR) is 120 cm³/mol. The average molecular weight is 431 g/mol. The van der Waals surface area contributed by atoms with Crippen molar-refractivity contribution in [2.75, 3.05) is 11.4 Å². The Morgan fingerprint density at radius 3 is 2.72 bits per heavy atom. The standard InChI is InChI=1S/C25H22FN3O3/c26-22-15-18(7-11-23(22)32-21-3-1-13-27-17-21)8-12-24(30)28-16-19-5-9-20(10-6-19)29-14-2-4-25(29)31/h1,3,5-13,15,17H,2,4,14,16H2,(H,28,30)/b12-8+. The maximum atomic E-state index is 14.3. The Balaban J connectivity index is 1.29. The van der Waals surface area contributed by atoms with Crippen molar-refractivity contribution < 1.29 is 18.7 Å². The number of nitrogens with zero attached hydrogens (tertiary/aromatic N) is 2. The van der Waals surface area contributed by atoms with Crippen molar-refractivity contribution in [3.05, 3.63) is 90.0 Å². The van der Waals surface area contributed by atoms with Crippen molar-refractivity contribution in [1.82, 2.24) is 10.3 Å². The van der Waals surface area contributed by atoms with Crippen LogP contribution in [-0.2, 0) is 16.1 Å². The molecule has 1 aromatic heterocycles. The molecule has 4 rings (SSSR count). The van der Waals surface area contributed by atoms with Crippen molar-refractivity contribution in [3.8, 4) is 11.5 Å². The highest BCUT2D eigenvalue weighted by Crippen LogP contribution is 2.25. The van der Waals surface area contributed by atoms with Crippen LogP contribution in [0.25, 0.3) is 6.08 Å². The number of amides is 2. The van der Waals surface area contributed by atoms with Gasteiger partial charge in [0.15, 0.2) is 11.6 Å². The summed E-state index contributed by atoms with van der Waals surface area (Å²) >= 11 is 0. The second kappa shape index (κ2) is 9.87. The number of carbonyl (C=O) groups excluding carboxylic acids is 2. The van der Waals surface area contributed by atoms with Crippen LogP contribution in [0.15, 0.2) is 73.1 Å². The van der Waals surface area contributed by atoms with Gasteiger partial charge in [0.25, 0.3) is 0 Å². The molecular formula is C25H22FN3O3. The predicted octanol–water partition coefficient (Wildman–Crippen LogP) is 4.47. The normalized spacial score (nSPS) is 13.5. The van der Waals surface area contributed by atoms with E-state index in [4.69, 9.17) is 4.74 Å². The van der Waals surface area contributed by atoms with E-state index in [1.807, 2.05) is 24.3 Å². The summed E-state index contributed by atoms with van der Waals surface area (Å²) in [5, 5.41) is 2.79. The fourth-order valence-electron chi connectivity index (χ4n) is 3.37. The number of nitrogens with one attached hydrogen (secondary N) is 1. The molecule has 162 valence electrons. The van der Waals surface area contributed by atoms with Crippen molar-refractivity contribution in [2.24, 2.45) is 0 Å². The number of benzene rings is 2. The topological polar surface area (TPSA) is 71.5 Å². The van der Waals surface area contributed by atoms with Gasteiger partial charge in [-0.15, -0.1) is 0 Å². The first-order valence-corrected chi connectivity index (χ1v) is 10.3. The molecule has 2 heterocycles. The molecule has 3 aromatic rings. The van der Waals surface area contributed by atoms with Crippen LogP contribution in [0.5, 0.6) is 11.5 Å². The van der Waals surface area contributed by atoms with E-state index in [2.05, 4.69) is 10.3 Å². The van der Waals surface area contributed by atoms with Gasteiger partial charge in [0.05, 0.1) is 6.20 Å². The van der Waals surface area contributed by atoms with E-state index in [0.717, 1.165) is 24.2 Å². The van der Waals surface area contributed by atoms with Crippen molar-refractivity contribution >= 4 is 23.6 Å². The van der Waals surface area contributed by atoms with Gasteiger partial charge in [0.1, 0.15) is 5.75 Å². The van der Waals surface area contributed by atoms with Gasteiger partial charge in [-0.05, 0) is 60.0 Å².